The summed E-state index contributed by atoms with van der Waals surface area (Å²) in [5, 5.41) is 8.74. The van der Waals surface area contributed by atoms with E-state index >= 15 is 0 Å². The van der Waals surface area contributed by atoms with Crippen LogP contribution in [0.15, 0.2) is 41.3 Å². The molecule has 0 saturated carbocycles. The molecule has 5 nitrogen and oxygen atoms in total. The molecule has 0 radical (unpaired) electrons. The van der Waals surface area contributed by atoms with Crippen molar-refractivity contribution in [3.63, 3.8) is 0 Å². The second kappa shape index (κ2) is 5.42. The fraction of sp³-hybridized carbons (Fsp3) is 0.0714. The highest BCUT2D eigenvalue weighted by Gasteiger charge is 2.20. The second-order valence-corrected chi connectivity index (χ2v) is 6.05. The molecule has 108 valence electrons. The van der Waals surface area contributed by atoms with Crippen molar-refractivity contribution in [2.24, 2.45) is 0 Å². The number of rotatable bonds is 3. The van der Waals surface area contributed by atoms with E-state index < -0.39 is 15.8 Å². The van der Waals surface area contributed by atoms with Crippen molar-refractivity contribution >= 4 is 21.4 Å². The minimum absolute atomic E-state index is 0.0736. The lowest BCUT2D eigenvalue weighted by molar-refractivity contribution is 0.598. The van der Waals surface area contributed by atoms with Gasteiger partial charge in [-0.2, -0.15) is 5.26 Å². The van der Waals surface area contributed by atoms with Crippen LogP contribution in [0.5, 0.6) is 0 Å². The van der Waals surface area contributed by atoms with Crippen LogP contribution < -0.4 is 10.5 Å². The van der Waals surface area contributed by atoms with E-state index in [1.807, 2.05) is 6.07 Å². The number of nitriles is 1. The van der Waals surface area contributed by atoms with Gasteiger partial charge >= 0.3 is 0 Å². The predicted molar refractivity (Wildman–Crippen MR) is 77.5 cm³/mol. The number of sulfonamides is 1. The number of aryl methyl sites for hydroxylation is 1. The summed E-state index contributed by atoms with van der Waals surface area (Å²) in [5.41, 5.74) is 6.15. The number of nitrogens with one attached hydrogen (secondary N) is 1. The molecular formula is C14H12FN3O2S. The molecule has 0 saturated heterocycles. The molecule has 0 aliphatic carbocycles. The van der Waals surface area contributed by atoms with Crippen molar-refractivity contribution < 1.29 is 12.8 Å². The lowest BCUT2D eigenvalue weighted by Gasteiger charge is -2.12. The van der Waals surface area contributed by atoms with Crippen LogP contribution in [0.25, 0.3) is 0 Å². The van der Waals surface area contributed by atoms with E-state index in [4.69, 9.17) is 11.0 Å². The van der Waals surface area contributed by atoms with Crippen LogP contribution in [-0.2, 0) is 10.0 Å². The van der Waals surface area contributed by atoms with E-state index in [1.165, 1.54) is 24.3 Å². The Morgan fingerprint density at radius 3 is 2.57 bits per heavy atom. The van der Waals surface area contributed by atoms with Crippen molar-refractivity contribution in [3.8, 4) is 6.07 Å². The summed E-state index contributed by atoms with van der Waals surface area (Å²) in [7, 11) is -4.04. The molecule has 0 aromatic heterocycles. The number of nitrogens with zero attached hydrogens (tertiary/aromatic N) is 1. The van der Waals surface area contributed by atoms with E-state index in [1.54, 1.807) is 13.0 Å². The highest BCUT2D eigenvalue weighted by Crippen LogP contribution is 2.26. The fourth-order valence-electron chi connectivity index (χ4n) is 1.81. The molecule has 7 heteroatoms. The molecule has 21 heavy (non-hydrogen) atoms. The maximum Gasteiger partial charge on any atom is 0.264 e. The van der Waals surface area contributed by atoms with Gasteiger partial charge in [-0.05, 0) is 36.8 Å². The second-order valence-electron chi connectivity index (χ2n) is 4.40. The summed E-state index contributed by atoms with van der Waals surface area (Å²) in [5.74, 6) is -0.675. The van der Waals surface area contributed by atoms with Gasteiger partial charge in [-0.25, -0.2) is 12.8 Å². The van der Waals surface area contributed by atoms with Crippen LogP contribution in [0.1, 0.15) is 11.1 Å². The zero-order chi connectivity index (χ0) is 15.6. The quantitative estimate of drug-likeness (QED) is 0.851. The van der Waals surface area contributed by atoms with Crippen LogP contribution in [0.2, 0.25) is 0 Å². The van der Waals surface area contributed by atoms with Gasteiger partial charge in [0.2, 0.25) is 0 Å². The number of hydrogen-bond donors (Lipinski definition) is 2. The number of para-hydroxylation sites is 1. The Kier molecular flexibility index (Phi) is 3.82. The average Bonchev–Trinajstić information content (AvgIpc) is 2.42. The molecule has 2 aromatic carbocycles. The van der Waals surface area contributed by atoms with E-state index in [2.05, 4.69) is 4.72 Å². The van der Waals surface area contributed by atoms with Gasteiger partial charge < -0.3 is 5.73 Å². The Bertz CT molecular complexity index is 822. The van der Waals surface area contributed by atoms with E-state index in [-0.39, 0.29) is 21.8 Å². The predicted octanol–water partition coefficient (Wildman–Crippen LogP) is 2.39. The van der Waals surface area contributed by atoms with E-state index in [9.17, 15) is 12.8 Å². The molecule has 0 heterocycles. The van der Waals surface area contributed by atoms with Crippen molar-refractivity contribution in [3.05, 3.63) is 53.3 Å². The molecular weight excluding hydrogens is 293 g/mol. The minimum Gasteiger partial charge on any atom is -0.398 e. The number of benzene rings is 2. The lowest BCUT2D eigenvalue weighted by Crippen LogP contribution is -2.16. The summed E-state index contributed by atoms with van der Waals surface area (Å²) in [6, 6.07) is 9.89. The minimum atomic E-state index is -4.04. The molecule has 0 atom stereocenters. The third kappa shape index (κ3) is 2.95. The van der Waals surface area contributed by atoms with Crippen molar-refractivity contribution in [2.75, 3.05) is 10.5 Å². The van der Waals surface area contributed by atoms with Crippen LogP contribution in [-0.4, -0.2) is 8.42 Å². The molecule has 0 amide bonds. The van der Waals surface area contributed by atoms with Crippen LogP contribution in [0.4, 0.5) is 15.8 Å². The molecule has 2 rings (SSSR count). The maximum atomic E-state index is 13.7. The number of halogens is 1. The largest absolute Gasteiger partial charge is 0.398 e. The summed E-state index contributed by atoms with van der Waals surface area (Å²) in [6.07, 6.45) is 0. The average molecular weight is 305 g/mol. The maximum absolute atomic E-state index is 13.7. The van der Waals surface area contributed by atoms with Gasteiger partial charge in [-0.3, -0.25) is 4.72 Å². The van der Waals surface area contributed by atoms with E-state index in [0.29, 0.717) is 5.56 Å². The molecule has 3 N–H and O–H groups in total. The summed E-state index contributed by atoms with van der Waals surface area (Å²) >= 11 is 0. The number of anilines is 2. The van der Waals surface area contributed by atoms with Crippen molar-refractivity contribution in [2.45, 2.75) is 11.8 Å². The fourth-order valence-corrected chi connectivity index (χ4v) is 3.07. The summed E-state index contributed by atoms with van der Waals surface area (Å²) in [6.45, 7) is 1.59. The highest BCUT2D eigenvalue weighted by molar-refractivity contribution is 7.92. The number of nitrogen functional groups attached to an aromatic ring is 1. The molecule has 0 aliphatic rings. The monoisotopic (exact) mass is 305 g/mol. The molecule has 0 fully saturated rings. The van der Waals surface area contributed by atoms with Crippen LogP contribution in [0.3, 0.4) is 0 Å². The summed E-state index contributed by atoms with van der Waals surface area (Å²) < 4.78 is 40.5. The molecule has 0 spiro atoms. The normalized spacial score (nSPS) is 10.9. The van der Waals surface area contributed by atoms with Crippen LogP contribution >= 0.6 is 0 Å². The first kappa shape index (κ1) is 14.8. The summed E-state index contributed by atoms with van der Waals surface area (Å²) in [4.78, 5) is -0.204. The van der Waals surface area contributed by atoms with Gasteiger partial charge in [0.1, 0.15) is 10.7 Å². The smallest absolute Gasteiger partial charge is 0.264 e. The zero-order valence-corrected chi connectivity index (χ0v) is 11.9. The van der Waals surface area contributed by atoms with Gasteiger partial charge in [-0.15, -0.1) is 0 Å². The third-order valence-electron chi connectivity index (χ3n) is 2.89. The van der Waals surface area contributed by atoms with Gasteiger partial charge in [0.25, 0.3) is 10.0 Å². The van der Waals surface area contributed by atoms with Gasteiger partial charge in [-0.1, -0.05) is 12.1 Å². The Morgan fingerprint density at radius 2 is 2.00 bits per heavy atom. The zero-order valence-electron chi connectivity index (χ0n) is 11.1. The standard InChI is InChI=1S/C14H12FN3O2S/c1-9-3-2-4-11(15)14(9)18-21(19,20)13-6-5-10(8-16)7-12(13)17/h2-7,18H,17H2,1H3. The Hall–Kier alpha value is -2.59. The van der Waals surface area contributed by atoms with Gasteiger partial charge in [0, 0.05) is 0 Å². The van der Waals surface area contributed by atoms with Gasteiger partial charge in [0.05, 0.1) is 23.0 Å². The molecule has 0 unspecified atom stereocenters. The first-order chi connectivity index (χ1) is 9.85. The number of nitrogens with two attached hydrogens (primary N) is 1. The molecule has 0 aliphatic heterocycles. The van der Waals surface area contributed by atoms with Gasteiger partial charge in [0.15, 0.2) is 0 Å². The Balaban J connectivity index is 2.47. The number of hydrogen-bond acceptors (Lipinski definition) is 4. The van der Waals surface area contributed by atoms with Crippen LogP contribution in [0, 0.1) is 24.1 Å². The third-order valence-corrected chi connectivity index (χ3v) is 4.31. The van der Waals surface area contributed by atoms with E-state index in [0.717, 1.165) is 6.07 Å². The lowest BCUT2D eigenvalue weighted by atomic mass is 10.2. The Morgan fingerprint density at radius 1 is 1.29 bits per heavy atom. The Labute approximate surface area is 121 Å². The highest BCUT2D eigenvalue weighted by atomic mass is 32.2. The first-order valence-corrected chi connectivity index (χ1v) is 7.41. The first-order valence-electron chi connectivity index (χ1n) is 5.92. The van der Waals surface area contributed by atoms with Crippen molar-refractivity contribution in [1.29, 1.82) is 5.26 Å². The molecule has 0 bridgehead atoms. The molecule has 2 aromatic rings. The topological polar surface area (TPSA) is 96.0 Å². The SMILES string of the molecule is Cc1cccc(F)c1NS(=O)(=O)c1ccc(C#N)cc1N. The van der Waals surface area contributed by atoms with Crippen molar-refractivity contribution in [1.82, 2.24) is 0 Å².